The number of fused-ring (bicyclic) bond motifs is 1. The Morgan fingerprint density at radius 3 is 3.00 bits per heavy atom. The van der Waals surface area contributed by atoms with Crippen LogP contribution >= 0.6 is 0 Å². The number of carboxylic acids is 1. The minimum absolute atomic E-state index is 0.125. The van der Waals surface area contributed by atoms with Gasteiger partial charge in [-0.2, -0.15) is 0 Å². The first-order valence-corrected chi connectivity index (χ1v) is 6.74. The summed E-state index contributed by atoms with van der Waals surface area (Å²) in [4.78, 5) is 22.5. The summed E-state index contributed by atoms with van der Waals surface area (Å²) in [5, 5.41) is 11.8. The van der Waals surface area contributed by atoms with Gasteiger partial charge in [0.05, 0.1) is 13.2 Å². The molecule has 0 unspecified atom stereocenters. The van der Waals surface area contributed by atoms with Gasteiger partial charge in [0.15, 0.2) is 5.57 Å². The molecular weight excluding hydrogens is 274 g/mol. The van der Waals surface area contributed by atoms with Crippen LogP contribution in [-0.4, -0.2) is 30.3 Å². The van der Waals surface area contributed by atoms with Gasteiger partial charge in [-0.25, -0.2) is 9.59 Å². The molecule has 112 valence electrons. The Balaban J connectivity index is 2.14. The van der Waals surface area contributed by atoms with Crippen molar-refractivity contribution in [2.45, 2.75) is 19.8 Å². The highest BCUT2D eigenvalue weighted by molar-refractivity contribution is 6.13. The predicted octanol–water partition coefficient (Wildman–Crippen LogP) is 1.96. The van der Waals surface area contributed by atoms with Gasteiger partial charge in [-0.1, -0.05) is 0 Å². The van der Waals surface area contributed by atoms with Crippen molar-refractivity contribution in [2.24, 2.45) is 0 Å². The van der Waals surface area contributed by atoms with E-state index in [1.807, 2.05) is 12.1 Å². The molecule has 2 N–H and O–H groups in total. The lowest BCUT2D eigenvalue weighted by atomic mass is 10.1. The molecular formula is C15H17NO5. The topological polar surface area (TPSA) is 84.9 Å². The van der Waals surface area contributed by atoms with Crippen molar-refractivity contribution in [1.82, 2.24) is 0 Å². The summed E-state index contributed by atoms with van der Waals surface area (Å²) in [6.07, 6.45) is 3.01. The molecule has 21 heavy (non-hydrogen) atoms. The van der Waals surface area contributed by atoms with Crippen LogP contribution < -0.4 is 10.1 Å². The molecule has 0 bridgehead atoms. The number of rotatable bonds is 5. The number of benzene rings is 1. The Morgan fingerprint density at radius 2 is 2.29 bits per heavy atom. The largest absolute Gasteiger partial charge is 0.493 e. The summed E-state index contributed by atoms with van der Waals surface area (Å²) in [5.41, 5.74) is 1.32. The predicted molar refractivity (Wildman–Crippen MR) is 76.2 cm³/mol. The van der Waals surface area contributed by atoms with E-state index in [1.165, 1.54) is 0 Å². The third kappa shape index (κ3) is 3.75. The van der Waals surface area contributed by atoms with Gasteiger partial charge in [-0.05, 0) is 43.5 Å². The Labute approximate surface area is 122 Å². The van der Waals surface area contributed by atoms with Gasteiger partial charge in [0.2, 0.25) is 0 Å². The zero-order valence-electron chi connectivity index (χ0n) is 11.7. The molecule has 0 saturated carbocycles. The van der Waals surface area contributed by atoms with Crippen LogP contribution in [0.2, 0.25) is 0 Å². The van der Waals surface area contributed by atoms with Crippen LogP contribution in [0.5, 0.6) is 5.75 Å². The molecule has 0 aliphatic carbocycles. The molecule has 6 nitrogen and oxygen atoms in total. The highest BCUT2D eigenvalue weighted by atomic mass is 16.5. The van der Waals surface area contributed by atoms with Gasteiger partial charge >= 0.3 is 11.9 Å². The number of carboxylic acid groups (broad SMARTS) is 1. The van der Waals surface area contributed by atoms with E-state index in [0.717, 1.165) is 30.4 Å². The lowest BCUT2D eigenvalue weighted by Crippen LogP contribution is -2.16. The van der Waals surface area contributed by atoms with Gasteiger partial charge in [0, 0.05) is 11.9 Å². The molecule has 1 aliphatic rings. The maximum Gasteiger partial charge on any atom is 0.347 e. The number of esters is 1. The molecule has 1 aromatic carbocycles. The first-order chi connectivity index (χ1) is 10.1. The van der Waals surface area contributed by atoms with E-state index < -0.39 is 17.5 Å². The van der Waals surface area contributed by atoms with E-state index in [0.29, 0.717) is 12.3 Å². The van der Waals surface area contributed by atoms with E-state index in [4.69, 9.17) is 14.6 Å². The highest BCUT2D eigenvalue weighted by Gasteiger charge is 2.18. The second kappa shape index (κ2) is 6.78. The first kappa shape index (κ1) is 14.9. The summed E-state index contributed by atoms with van der Waals surface area (Å²) in [5.74, 6) is -1.35. The van der Waals surface area contributed by atoms with Crippen LogP contribution in [0.4, 0.5) is 5.69 Å². The van der Waals surface area contributed by atoms with E-state index in [9.17, 15) is 9.59 Å². The fourth-order valence-electron chi connectivity index (χ4n) is 2.02. The van der Waals surface area contributed by atoms with Crippen LogP contribution in [0.15, 0.2) is 30.0 Å². The summed E-state index contributed by atoms with van der Waals surface area (Å²) in [6.45, 7) is 2.46. The van der Waals surface area contributed by atoms with Crippen molar-refractivity contribution in [2.75, 3.05) is 18.5 Å². The van der Waals surface area contributed by atoms with Crippen molar-refractivity contribution in [1.29, 1.82) is 0 Å². The van der Waals surface area contributed by atoms with Gasteiger partial charge in [0.25, 0.3) is 0 Å². The smallest absolute Gasteiger partial charge is 0.347 e. The SMILES string of the molecule is CCOC(=O)C(=CNc1ccc2c(c1)CCCO2)C(=O)O. The van der Waals surface area contributed by atoms with E-state index in [1.54, 1.807) is 13.0 Å². The Bertz CT molecular complexity index is 579. The van der Waals surface area contributed by atoms with Gasteiger partial charge in [-0.15, -0.1) is 0 Å². The average Bonchev–Trinajstić information content (AvgIpc) is 2.47. The molecule has 0 atom stereocenters. The molecule has 6 heteroatoms. The van der Waals surface area contributed by atoms with Crippen LogP contribution in [0.1, 0.15) is 18.9 Å². The molecule has 0 radical (unpaired) electrons. The molecule has 0 fully saturated rings. The lowest BCUT2D eigenvalue weighted by molar-refractivity contribution is -0.143. The normalized spacial score (nSPS) is 13.9. The molecule has 1 aliphatic heterocycles. The van der Waals surface area contributed by atoms with Gasteiger partial charge < -0.3 is 19.9 Å². The van der Waals surface area contributed by atoms with Crippen LogP contribution in [0.25, 0.3) is 0 Å². The number of hydrogen-bond donors (Lipinski definition) is 2. The molecule has 0 amide bonds. The summed E-state index contributed by atoms with van der Waals surface area (Å²) in [7, 11) is 0. The minimum atomic E-state index is -1.33. The summed E-state index contributed by atoms with van der Waals surface area (Å²) < 4.78 is 10.2. The van der Waals surface area contributed by atoms with Crippen LogP contribution in [0, 0.1) is 0 Å². The fourth-order valence-corrected chi connectivity index (χ4v) is 2.02. The Kier molecular flexibility index (Phi) is 4.81. The third-order valence-electron chi connectivity index (χ3n) is 3.02. The average molecular weight is 291 g/mol. The number of nitrogens with one attached hydrogen (secondary N) is 1. The molecule has 0 aromatic heterocycles. The number of anilines is 1. The van der Waals surface area contributed by atoms with Crippen molar-refractivity contribution in [3.63, 3.8) is 0 Å². The number of ether oxygens (including phenoxy) is 2. The number of hydrogen-bond acceptors (Lipinski definition) is 5. The van der Waals surface area contributed by atoms with Crippen molar-refractivity contribution < 1.29 is 24.2 Å². The van der Waals surface area contributed by atoms with Crippen molar-refractivity contribution in [3.05, 3.63) is 35.5 Å². The van der Waals surface area contributed by atoms with E-state index >= 15 is 0 Å². The summed E-state index contributed by atoms with van der Waals surface area (Å²) in [6, 6.07) is 5.48. The molecule has 0 spiro atoms. The minimum Gasteiger partial charge on any atom is -0.493 e. The number of aliphatic carboxylic acids is 1. The molecule has 1 aromatic rings. The van der Waals surface area contributed by atoms with Crippen LogP contribution in [0.3, 0.4) is 0 Å². The fraction of sp³-hybridized carbons (Fsp3) is 0.333. The second-order valence-electron chi connectivity index (χ2n) is 4.50. The van der Waals surface area contributed by atoms with Gasteiger partial charge in [-0.3, -0.25) is 0 Å². The standard InChI is InChI=1S/C15H17NO5/c1-2-20-15(19)12(14(17)18)9-16-11-5-6-13-10(8-11)4-3-7-21-13/h5-6,8-9,16H,2-4,7H2,1H3,(H,17,18). The number of aryl methyl sites for hydroxylation is 1. The number of carbonyl (C=O) groups excluding carboxylic acids is 1. The molecule has 0 saturated heterocycles. The summed E-state index contributed by atoms with van der Waals surface area (Å²) >= 11 is 0. The van der Waals surface area contributed by atoms with Gasteiger partial charge in [0.1, 0.15) is 5.75 Å². The highest BCUT2D eigenvalue weighted by Crippen LogP contribution is 2.27. The second-order valence-corrected chi connectivity index (χ2v) is 4.50. The molecule has 2 rings (SSSR count). The maximum absolute atomic E-state index is 11.5. The van der Waals surface area contributed by atoms with Crippen molar-refractivity contribution in [3.8, 4) is 5.75 Å². The Morgan fingerprint density at radius 1 is 1.48 bits per heavy atom. The lowest BCUT2D eigenvalue weighted by Gasteiger charge is -2.17. The zero-order valence-corrected chi connectivity index (χ0v) is 11.7. The first-order valence-electron chi connectivity index (χ1n) is 6.74. The maximum atomic E-state index is 11.5. The monoisotopic (exact) mass is 291 g/mol. The Hall–Kier alpha value is -2.50. The zero-order chi connectivity index (χ0) is 15.2. The molecule has 1 heterocycles. The van der Waals surface area contributed by atoms with Crippen molar-refractivity contribution >= 4 is 17.6 Å². The van der Waals surface area contributed by atoms with E-state index in [-0.39, 0.29) is 6.61 Å². The number of carbonyl (C=O) groups is 2. The van der Waals surface area contributed by atoms with Crippen LogP contribution in [-0.2, 0) is 20.7 Å². The van der Waals surface area contributed by atoms with E-state index in [2.05, 4.69) is 5.32 Å². The quantitative estimate of drug-likeness (QED) is 0.373. The third-order valence-corrected chi connectivity index (χ3v) is 3.02.